The molecule has 1 fully saturated rings. The third kappa shape index (κ3) is 3.86. The summed E-state index contributed by atoms with van der Waals surface area (Å²) in [5.74, 6) is -1.47. The van der Waals surface area contributed by atoms with Crippen LogP contribution >= 0.6 is 0 Å². The minimum Gasteiger partial charge on any atom is -0.480 e. The summed E-state index contributed by atoms with van der Waals surface area (Å²) >= 11 is 0. The second-order valence-electron chi connectivity index (χ2n) is 5.53. The molecule has 0 spiro atoms. The van der Waals surface area contributed by atoms with E-state index in [1.165, 1.54) is 12.0 Å². The SMILES string of the molecule is CC[C@H](C)[C@H](NC(=O)OC)C(=O)N1[C@@H](C)CC[C@H]1C(=O)O. The Bertz CT molecular complexity index is 412. The molecule has 1 saturated heterocycles. The number of carboxylic acids is 1. The Labute approximate surface area is 124 Å². The van der Waals surface area contributed by atoms with Gasteiger partial charge >= 0.3 is 12.1 Å². The van der Waals surface area contributed by atoms with Crippen LogP contribution in [0.4, 0.5) is 4.79 Å². The van der Waals surface area contributed by atoms with Crippen molar-refractivity contribution in [2.24, 2.45) is 5.92 Å². The summed E-state index contributed by atoms with van der Waals surface area (Å²) in [5, 5.41) is 11.8. The van der Waals surface area contributed by atoms with Crippen molar-refractivity contribution in [1.82, 2.24) is 10.2 Å². The van der Waals surface area contributed by atoms with E-state index < -0.39 is 24.1 Å². The number of aliphatic carboxylic acids is 1. The highest BCUT2D eigenvalue weighted by Gasteiger charge is 2.42. The summed E-state index contributed by atoms with van der Waals surface area (Å²) in [7, 11) is 1.23. The molecule has 0 aromatic rings. The van der Waals surface area contributed by atoms with Crippen LogP contribution in [0.3, 0.4) is 0 Å². The summed E-state index contributed by atoms with van der Waals surface area (Å²) < 4.78 is 4.55. The van der Waals surface area contributed by atoms with Crippen LogP contribution in [0.25, 0.3) is 0 Å². The number of nitrogens with one attached hydrogen (secondary N) is 1. The van der Waals surface area contributed by atoms with Crippen LogP contribution in [-0.2, 0) is 14.3 Å². The standard InChI is InChI=1S/C14H24N2O5/c1-5-8(2)11(15-14(20)21-4)12(17)16-9(3)6-7-10(16)13(18)19/h8-11H,5-7H2,1-4H3,(H,15,20)(H,18,19)/t8-,9-,10-,11-/m0/s1. The van der Waals surface area contributed by atoms with E-state index in [0.717, 1.165) is 0 Å². The van der Waals surface area contributed by atoms with Crippen LogP contribution in [0.5, 0.6) is 0 Å². The van der Waals surface area contributed by atoms with E-state index in [9.17, 15) is 19.5 Å². The van der Waals surface area contributed by atoms with E-state index in [-0.39, 0.29) is 17.9 Å². The molecule has 1 heterocycles. The number of carboxylic acid groups (broad SMARTS) is 1. The van der Waals surface area contributed by atoms with E-state index in [0.29, 0.717) is 19.3 Å². The lowest BCUT2D eigenvalue weighted by atomic mass is 9.97. The number of alkyl carbamates (subject to hydrolysis) is 1. The smallest absolute Gasteiger partial charge is 0.407 e. The van der Waals surface area contributed by atoms with Gasteiger partial charge in [-0.05, 0) is 25.7 Å². The second-order valence-corrected chi connectivity index (χ2v) is 5.53. The lowest BCUT2D eigenvalue weighted by Gasteiger charge is -2.32. The zero-order chi connectivity index (χ0) is 16.2. The highest BCUT2D eigenvalue weighted by atomic mass is 16.5. The van der Waals surface area contributed by atoms with Crippen molar-refractivity contribution in [3.8, 4) is 0 Å². The van der Waals surface area contributed by atoms with Crippen molar-refractivity contribution >= 4 is 18.0 Å². The predicted molar refractivity (Wildman–Crippen MR) is 75.7 cm³/mol. The minimum atomic E-state index is -1.01. The number of methoxy groups -OCH3 is 1. The first-order valence-electron chi connectivity index (χ1n) is 7.22. The quantitative estimate of drug-likeness (QED) is 0.796. The summed E-state index contributed by atoms with van der Waals surface area (Å²) in [6.07, 6.45) is 1.08. The molecule has 1 aliphatic heterocycles. The van der Waals surface area contributed by atoms with Gasteiger partial charge in [0.1, 0.15) is 12.1 Å². The Morgan fingerprint density at radius 1 is 1.38 bits per heavy atom. The molecule has 0 radical (unpaired) electrons. The number of carbonyl (C=O) groups excluding carboxylic acids is 2. The fourth-order valence-corrected chi connectivity index (χ4v) is 2.63. The third-order valence-electron chi connectivity index (χ3n) is 4.15. The maximum Gasteiger partial charge on any atom is 0.407 e. The van der Waals surface area contributed by atoms with Crippen LogP contribution in [0.15, 0.2) is 0 Å². The third-order valence-corrected chi connectivity index (χ3v) is 4.15. The van der Waals surface area contributed by atoms with Crippen molar-refractivity contribution in [2.45, 2.75) is 58.2 Å². The average Bonchev–Trinajstić information content (AvgIpc) is 2.84. The van der Waals surface area contributed by atoms with Gasteiger partial charge in [-0.3, -0.25) is 4.79 Å². The monoisotopic (exact) mass is 300 g/mol. The first kappa shape index (κ1) is 17.3. The fourth-order valence-electron chi connectivity index (χ4n) is 2.63. The lowest BCUT2D eigenvalue weighted by molar-refractivity contribution is -0.150. The maximum atomic E-state index is 12.7. The van der Waals surface area contributed by atoms with Gasteiger partial charge in [0.2, 0.25) is 5.91 Å². The van der Waals surface area contributed by atoms with Crippen molar-refractivity contribution < 1.29 is 24.2 Å². The molecule has 7 heteroatoms. The lowest BCUT2D eigenvalue weighted by Crippen LogP contribution is -2.55. The average molecular weight is 300 g/mol. The van der Waals surface area contributed by atoms with Gasteiger partial charge in [0, 0.05) is 6.04 Å². The summed E-state index contributed by atoms with van der Waals surface area (Å²) in [5.41, 5.74) is 0. The number of nitrogens with zero attached hydrogens (tertiary/aromatic N) is 1. The first-order valence-corrected chi connectivity index (χ1v) is 7.22. The van der Waals surface area contributed by atoms with E-state index in [2.05, 4.69) is 10.1 Å². The molecule has 1 rings (SSSR count). The Hall–Kier alpha value is -1.79. The van der Waals surface area contributed by atoms with Crippen molar-refractivity contribution in [3.05, 3.63) is 0 Å². The van der Waals surface area contributed by atoms with Gasteiger partial charge in [-0.2, -0.15) is 0 Å². The molecule has 0 saturated carbocycles. The molecule has 0 aliphatic carbocycles. The Morgan fingerprint density at radius 3 is 2.48 bits per heavy atom. The van der Waals surface area contributed by atoms with Gasteiger partial charge in [-0.1, -0.05) is 20.3 Å². The normalized spacial score (nSPS) is 24.3. The van der Waals surface area contributed by atoms with Crippen LogP contribution in [0.1, 0.15) is 40.0 Å². The van der Waals surface area contributed by atoms with Gasteiger partial charge in [0.15, 0.2) is 0 Å². The number of ether oxygens (including phenoxy) is 1. The second kappa shape index (κ2) is 7.28. The molecular weight excluding hydrogens is 276 g/mol. The molecule has 21 heavy (non-hydrogen) atoms. The van der Waals surface area contributed by atoms with E-state index in [1.807, 2.05) is 20.8 Å². The Kier molecular flexibility index (Phi) is 5.99. The molecular formula is C14H24N2O5. The first-order chi connectivity index (χ1) is 9.83. The van der Waals surface area contributed by atoms with E-state index in [1.54, 1.807) is 0 Å². The Balaban J connectivity index is 2.97. The number of rotatable bonds is 5. The van der Waals surface area contributed by atoms with Crippen molar-refractivity contribution in [1.29, 1.82) is 0 Å². The fraction of sp³-hybridized carbons (Fsp3) is 0.786. The molecule has 7 nitrogen and oxygen atoms in total. The van der Waals surface area contributed by atoms with Crippen LogP contribution in [0, 0.1) is 5.92 Å². The maximum absolute atomic E-state index is 12.7. The number of amides is 2. The number of hydrogen-bond donors (Lipinski definition) is 2. The van der Waals surface area contributed by atoms with Gasteiger partial charge in [-0.15, -0.1) is 0 Å². The molecule has 120 valence electrons. The Morgan fingerprint density at radius 2 is 2.00 bits per heavy atom. The minimum absolute atomic E-state index is 0.112. The molecule has 2 amide bonds. The topological polar surface area (TPSA) is 95.9 Å². The molecule has 4 atom stereocenters. The van der Waals surface area contributed by atoms with Crippen LogP contribution < -0.4 is 5.32 Å². The number of hydrogen-bond acceptors (Lipinski definition) is 4. The molecule has 1 aliphatic rings. The van der Waals surface area contributed by atoms with Gasteiger partial charge in [0.25, 0.3) is 0 Å². The summed E-state index contributed by atoms with van der Waals surface area (Å²) in [4.78, 5) is 36.8. The van der Waals surface area contributed by atoms with Gasteiger partial charge in [0.05, 0.1) is 7.11 Å². The van der Waals surface area contributed by atoms with Crippen LogP contribution in [-0.4, -0.2) is 53.2 Å². The highest BCUT2D eigenvalue weighted by molar-refractivity contribution is 5.90. The molecule has 2 N–H and O–H groups in total. The van der Waals surface area contributed by atoms with Crippen molar-refractivity contribution in [2.75, 3.05) is 7.11 Å². The van der Waals surface area contributed by atoms with Gasteiger partial charge in [-0.25, -0.2) is 9.59 Å². The zero-order valence-electron chi connectivity index (χ0n) is 13.0. The van der Waals surface area contributed by atoms with Crippen LogP contribution in [0.2, 0.25) is 0 Å². The molecule has 0 aromatic carbocycles. The van der Waals surface area contributed by atoms with E-state index >= 15 is 0 Å². The van der Waals surface area contributed by atoms with Gasteiger partial charge < -0.3 is 20.1 Å². The molecule has 0 unspecified atom stereocenters. The van der Waals surface area contributed by atoms with E-state index in [4.69, 9.17) is 0 Å². The summed E-state index contributed by atoms with van der Waals surface area (Å²) in [6, 6.07) is -1.74. The zero-order valence-corrected chi connectivity index (χ0v) is 13.0. The number of carbonyl (C=O) groups is 3. The largest absolute Gasteiger partial charge is 0.480 e. The highest BCUT2D eigenvalue weighted by Crippen LogP contribution is 2.26. The number of likely N-dealkylation sites (tertiary alicyclic amines) is 1. The van der Waals surface area contributed by atoms with Crippen molar-refractivity contribution in [3.63, 3.8) is 0 Å². The summed E-state index contributed by atoms with van der Waals surface area (Å²) in [6.45, 7) is 5.58. The molecule has 0 aromatic heterocycles. The predicted octanol–water partition coefficient (Wildman–Crippen LogP) is 1.22. The molecule has 0 bridgehead atoms.